The predicted octanol–water partition coefficient (Wildman–Crippen LogP) is 1.28. The van der Waals surface area contributed by atoms with E-state index in [0.717, 1.165) is 44.8 Å². The summed E-state index contributed by atoms with van der Waals surface area (Å²) >= 11 is 0. The molecule has 1 aromatic rings. The Morgan fingerprint density at radius 2 is 2.06 bits per heavy atom. The van der Waals surface area contributed by atoms with Gasteiger partial charge >= 0.3 is 0 Å². The van der Waals surface area contributed by atoms with Crippen LogP contribution in [-0.2, 0) is 11.2 Å². The third-order valence-corrected chi connectivity index (χ3v) is 2.88. The number of hydrogen-bond acceptors (Lipinski definition) is 3. The number of anilines is 1. The van der Waals surface area contributed by atoms with Crippen LogP contribution in [0.3, 0.4) is 0 Å². The van der Waals surface area contributed by atoms with Crippen LogP contribution in [0.1, 0.15) is 5.56 Å². The van der Waals surface area contributed by atoms with Gasteiger partial charge in [0, 0.05) is 19.6 Å². The average molecular weight is 224 g/mol. The first-order valence-corrected chi connectivity index (χ1v) is 5.60. The van der Waals surface area contributed by atoms with Crippen LogP contribution < -0.4 is 5.73 Å². The average Bonchev–Trinajstić information content (AvgIpc) is 2.32. The van der Waals surface area contributed by atoms with Crippen molar-refractivity contribution in [2.75, 3.05) is 38.6 Å². The zero-order valence-electron chi connectivity index (χ0n) is 9.29. The van der Waals surface area contributed by atoms with Gasteiger partial charge in [-0.15, -0.1) is 0 Å². The molecule has 3 nitrogen and oxygen atoms in total. The van der Waals surface area contributed by atoms with Crippen LogP contribution in [0, 0.1) is 5.82 Å². The standard InChI is InChI=1S/C12H17FN2O/c13-11-2-1-10(9-12(11)14)3-4-15-5-7-16-8-6-15/h1-2,9H,3-8,14H2. The smallest absolute Gasteiger partial charge is 0.146 e. The highest BCUT2D eigenvalue weighted by atomic mass is 19.1. The summed E-state index contributed by atoms with van der Waals surface area (Å²) in [6.07, 6.45) is 0.907. The third-order valence-electron chi connectivity index (χ3n) is 2.88. The Kier molecular flexibility index (Phi) is 3.74. The fraction of sp³-hybridized carbons (Fsp3) is 0.500. The lowest BCUT2D eigenvalue weighted by Crippen LogP contribution is -2.37. The second-order valence-corrected chi connectivity index (χ2v) is 4.06. The molecule has 4 heteroatoms. The van der Waals surface area contributed by atoms with E-state index >= 15 is 0 Å². The van der Waals surface area contributed by atoms with Gasteiger partial charge in [0.1, 0.15) is 5.82 Å². The van der Waals surface area contributed by atoms with Gasteiger partial charge in [-0.05, 0) is 24.1 Å². The molecule has 0 saturated carbocycles. The Balaban J connectivity index is 1.86. The summed E-state index contributed by atoms with van der Waals surface area (Å²) in [6, 6.07) is 4.95. The van der Waals surface area contributed by atoms with Crippen LogP contribution in [0.5, 0.6) is 0 Å². The predicted molar refractivity (Wildman–Crippen MR) is 61.8 cm³/mol. The van der Waals surface area contributed by atoms with Crippen molar-refractivity contribution in [2.45, 2.75) is 6.42 Å². The van der Waals surface area contributed by atoms with Gasteiger partial charge in [-0.25, -0.2) is 4.39 Å². The van der Waals surface area contributed by atoms with E-state index in [1.165, 1.54) is 6.07 Å². The molecule has 1 heterocycles. The number of nitrogens with zero attached hydrogens (tertiary/aromatic N) is 1. The van der Waals surface area contributed by atoms with Crippen molar-refractivity contribution < 1.29 is 9.13 Å². The van der Waals surface area contributed by atoms with Crippen LogP contribution in [0.4, 0.5) is 10.1 Å². The highest BCUT2D eigenvalue weighted by Crippen LogP contribution is 2.13. The maximum Gasteiger partial charge on any atom is 0.146 e. The molecule has 2 N–H and O–H groups in total. The molecule has 0 unspecified atom stereocenters. The van der Waals surface area contributed by atoms with Crippen LogP contribution in [0.25, 0.3) is 0 Å². The van der Waals surface area contributed by atoms with Crippen molar-refractivity contribution in [3.63, 3.8) is 0 Å². The van der Waals surface area contributed by atoms with E-state index in [1.54, 1.807) is 12.1 Å². The Morgan fingerprint density at radius 3 is 2.75 bits per heavy atom. The van der Waals surface area contributed by atoms with Crippen LogP contribution in [0.15, 0.2) is 18.2 Å². The number of morpholine rings is 1. The molecule has 0 atom stereocenters. The van der Waals surface area contributed by atoms with Gasteiger partial charge in [0.05, 0.1) is 18.9 Å². The van der Waals surface area contributed by atoms with E-state index < -0.39 is 0 Å². The largest absolute Gasteiger partial charge is 0.396 e. The Bertz CT molecular complexity index is 351. The van der Waals surface area contributed by atoms with Crippen molar-refractivity contribution >= 4 is 5.69 Å². The van der Waals surface area contributed by atoms with Gasteiger partial charge < -0.3 is 10.5 Å². The van der Waals surface area contributed by atoms with Gasteiger partial charge in [-0.2, -0.15) is 0 Å². The third kappa shape index (κ3) is 2.93. The highest BCUT2D eigenvalue weighted by molar-refractivity contribution is 5.42. The topological polar surface area (TPSA) is 38.5 Å². The Labute approximate surface area is 95.0 Å². The van der Waals surface area contributed by atoms with E-state index in [4.69, 9.17) is 10.5 Å². The summed E-state index contributed by atoms with van der Waals surface area (Å²) in [5, 5.41) is 0. The normalized spacial score (nSPS) is 17.6. The second-order valence-electron chi connectivity index (χ2n) is 4.06. The van der Waals surface area contributed by atoms with Crippen LogP contribution >= 0.6 is 0 Å². The van der Waals surface area contributed by atoms with Crippen molar-refractivity contribution in [1.29, 1.82) is 0 Å². The molecule has 88 valence electrons. The SMILES string of the molecule is Nc1cc(CCN2CCOCC2)ccc1F. The lowest BCUT2D eigenvalue weighted by atomic mass is 10.1. The Hall–Kier alpha value is -1.13. The van der Waals surface area contributed by atoms with E-state index in [1.807, 2.05) is 0 Å². The first-order chi connectivity index (χ1) is 7.75. The quantitative estimate of drug-likeness (QED) is 0.786. The molecule has 1 aliphatic rings. The monoisotopic (exact) mass is 224 g/mol. The van der Waals surface area contributed by atoms with Gasteiger partial charge in [0.15, 0.2) is 0 Å². The maximum atomic E-state index is 12.9. The molecule has 0 aromatic heterocycles. The van der Waals surface area contributed by atoms with Crippen molar-refractivity contribution in [3.8, 4) is 0 Å². The summed E-state index contributed by atoms with van der Waals surface area (Å²) in [7, 11) is 0. The fourth-order valence-corrected chi connectivity index (χ4v) is 1.86. The van der Waals surface area contributed by atoms with Gasteiger partial charge in [0.2, 0.25) is 0 Å². The van der Waals surface area contributed by atoms with Gasteiger partial charge in [-0.1, -0.05) is 6.07 Å². The molecule has 0 aliphatic carbocycles. The fourth-order valence-electron chi connectivity index (χ4n) is 1.86. The summed E-state index contributed by atoms with van der Waals surface area (Å²) in [6.45, 7) is 4.57. The number of nitrogens with two attached hydrogens (primary N) is 1. The summed E-state index contributed by atoms with van der Waals surface area (Å²) in [5.74, 6) is -0.338. The minimum atomic E-state index is -0.338. The molecule has 0 radical (unpaired) electrons. The number of hydrogen-bond donors (Lipinski definition) is 1. The minimum Gasteiger partial charge on any atom is -0.396 e. The van der Waals surface area contributed by atoms with Crippen LogP contribution in [-0.4, -0.2) is 37.7 Å². The lowest BCUT2D eigenvalue weighted by Gasteiger charge is -2.26. The minimum absolute atomic E-state index is 0.236. The van der Waals surface area contributed by atoms with Gasteiger partial charge in [0.25, 0.3) is 0 Å². The molecule has 2 rings (SSSR count). The molecule has 1 saturated heterocycles. The summed E-state index contributed by atoms with van der Waals surface area (Å²) < 4.78 is 18.2. The number of ether oxygens (including phenoxy) is 1. The second kappa shape index (κ2) is 5.27. The van der Waals surface area contributed by atoms with E-state index in [2.05, 4.69) is 4.90 Å². The first kappa shape index (κ1) is 11.4. The van der Waals surface area contributed by atoms with Crippen molar-refractivity contribution in [2.24, 2.45) is 0 Å². The van der Waals surface area contributed by atoms with E-state index in [-0.39, 0.29) is 11.5 Å². The number of nitrogen functional groups attached to an aromatic ring is 1. The maximum absolute atomic E-state index is 12.9. The summed E-state index contributed by atoms with van der Waals surface area (Å²) in [4.78, 5) is 2.35. The Morgan fingerprint density at radius 1 is 1.31 bits per heavy atom. The molecule has 0 bridgehead atoms. The first-order valence-electron chi connectivity index (χ1n) is 5.60. The lowest BCUT2D eigenvalue weighted by molar-refractivity contribution is 0.0384. The molecule has 1 aromatic carbocycles. The van der Waals surface area contributed by atoms with Crippen molar-refractivity contribution in [3.05, 3.63) is 29.6 Å². The number of benzene rings is 1. The molecule has 1 fully saturated rings. The molecule has 0 amide bonds. The zero-order chi connectivity index (χ0) is 11.4. The van der Waals surface area contributed by atoms with Crippen molar-refractivity contribution in [1.82, 2.24) is 4.90 Å². The molecule has 16 heavy (non-hydrogen) atoms. The molecular formula is C12H17FN2O. The summed E-state index contributed by atoms with van der Waals surface area (Å²) in [5.41, 5.74) is 6.84. The van der Waals surface area contributed by atoms with Crippen LogP contribution in [0.2, 0.25) is 0 Å². The zero-order valence-corrected chi connectivity index (χ0v) is 9.29. The number of rotatable bonds is 3. The molecule has 0 spiro atoms. The number of halogens is 1. The van der Waals surface area contributed by atoms with Gasteiger partial charge in [-0.3, -0.25) is 4.90 Å². The molecular weight excluding hydrogens is 207 g/mol. The molecule has 1 aliphatic heterocycles. The highest BCUT2D eigenvalue weighted by Gasteiger charge is 2.10. The van der Waals surface area contributed by atoms with E-state index in [9.17, 15) is 4.39 Å². The van der Waals surface area contributed by atoms with E-state index in [0.29, 0.717) is 0 Å².